The molecule has 0 bridgehead atoms. The van der Waals surface area contributed by atoms with Crippen LogP contribution in [-0.4, -0.2) is 10.9 Å². The SMILES string of the molecule is Cc1cncc(Nc2c(N)cccc2C(N)=O)c1. The molecule has 1 aromatic heterocycles. The number of nitrogens with zero attached hydrogens (tertiary/aromatic N) is 1. The minimum Gasteiger partial charge on any atom is -0.397 e. The highest BCUT2D eigenvalue weighted by molar-refractivity contribution is 6.02. The van der Waals surface area contributed by atoms with Gasteiger partial charge in [0.1, 0.15) is 0 Å². The van der Waals surface area contributed by atoms with E-state index in [1.807, 2.05) is 13.0 Å². The zero-order valence-corrected chi connectivity index (χ0v) is 9.97. The Hall–Kier alpha value is -2.56. The first-order chi connectivity index (χ1) is 8.58. The minimum absolute atomic E-state index is 0.358. The van der Waals surface area contributed by atoms with Gasteiger partial charge in [0.25, 0.3) is 5.91 Å². The second-order valence-corrected chi connectivity index (χ2v) is 4.01. The zero-order chi connectivity index (χ0) is 13.1. The summed E-state index contributed by atoms with van der Waals surface area (Å²) in [6.45, 7) is 1.93. The van der Waals surface area contributed by atoms with Crippen molar-refractivity contribution in [3.63, 3.8) is 0 Å². The molecule has 0 unspecified atom stereocenters. The summed E-state index contributed by atoms with van der Waals surface area (Å²) < 4.78 is 0. The standard InChI is InChI=1S/C13H14N4O/c1-8-5-9(7-16-6-8)17-12-10(13(15)18)3-2-4-11(12)14/h2-7,17H,14H2,1H3,(H2,15,18). The molecule has 5 nitrogen and oxygen atoms in total. The lowest BCUT2D eigenvalue weighted by atomic mass is 10.1. The number of primary amides is 1. The summed E-state index contributed by atoms with van der Waals surface area (Å²) >= 11 is 0. The third-order valence-corrected chi connectivity index (χ3v) is 2.51. The highest BCUT2D eigenvalue weighted by atomic mass is 16.1. The molecule has 5 N–H and O–H groups in total. The molecule has 0 atom stereocenters. The number of carbonyl (C=O) groups is 1. The lowest BCUT2D eigenvalue weighted by Crippen LogP contribution is -2.14. The molecular weight excluding hydrogens is 228 g/mol. The molecule has 2 rings (SSSR count). The Kier molecular flexibility index (Phi) is 3.14. The van der Waals surface area contributed by atoms with E-state index in [0.717, 1.165) is 11.3 Å². The fourth-order valence-corrected chi connectivity index (χ4v) is 1.68. The average molecular weight is 242 g/mol. The molecular formula is C13H14N4O. The van der Waals surface area contributed by atoms with Crippen molar-refractivity contribution in [2.45, 2.75) is 6.92 Å². The van der Waals surface area contributed by atoms with Crippen LogP contribution in [0.25, 0.3) is 0 Å². The van der Waals surface area contributed by atoms with Gasteiger partial charge in [0.15, 0.2) is 0 Å². The van der Waals surface area contributed by atoms with E-state index in [-0.39, 0.29) is 0 Å². The van der Waals surface area contributed by atoms with Gasteiger partial charge in [-0.2, -0.15) is 0 Å². The molecule has 18 heavy (non-hydrogen) atoms. The fourth-order valence-electron chi connectivity index (χ4n) is 1.68. The Morgan fingerprint density at radius 1 is 1.33 bits per heavy atom. The van der Waals surface area contributed by atoms with Crippen LogP contribution >= 0.6 is 0 Å². The molecule has 0 aliphatic rings. The summed E-state index contributed by atoms with van der Waals surface area (Å²) in [5, 5.41) is 3.07. The van der Waals surface area contributed by atoms with Gasteiger partial charge in [0.05, 0.1) is 28.8 Å². The molecule has 0 aliphatic carbocycles. The predicted octanol–water partition coefficient (Wildman–Crippen LogP) is 1.81. The first-order valence-electron chi connectivity index (χ1n) is 5.45. The number of nitrogens with two attached hydrogens (primary N) is 2. The van der Waals surface area contributed by atoms with Gasteiger partial charge in [-0.3, -0.25) is 9.78 Å². The van der Waals surface area contributed by atoms with E-state index >= 15 is 0 Å². The van der Waals surface area contributed by atoms with Crippen LogP contribution in [0.15, 0.2) is 36.7 Å². The molecule has 0 saturated heterocycles. The van der Waals surface area contributed by atoms with Gasteiger partial charge in [-0.05, 0) is 30.7 Å². The largest absolute Gasteiger partial charge is 0.397 e. The van der Waals surface area contributed by atoms with E-state index in [2.05, 4.69) is 10.3 Å². The summed E-state index contributed by atoms with van der Waals surface area (Å²) in [6.07, 6.45) is 3.40. The van der Waals surface area contributed by atoms with Crippen molar-refractivity contribution in [3.05, 3.63) is 47.8 Å². The monoisotopic (exact) mass is 242 g/mol. The fraction of sp³-hybridized carbons (Fsp3) is 0.0769. The molecule has 0 aliphatic heterocycles. The summed E-state index contributed by atoms with van der Waals surface area (Å²) in [4.78, 5) is 15.4. The van der Waals surface area contributed by atoms with E-state index in [1.165, 1.54) is 0 Å². The first-order valence-corrected chi connectivity index (χ1v) is 5.45. The molecule has 1 aromatic carbocycles. The maximum atomic E-state index is 11.3. The number of nitrogen functional groups attached to an aromatic ring is 1. The summed E-state index contributed by atoms with van der Waals surface area (Å²) in [6, 6.07) is 6.93. The molecule has 5 heteroatoms. The van der Waals surface area contributed by atoms with Crippen LogP contribution in [0, 0.1) is 6.92 Å². The Labute approximate surface area is 105 Å². The van der Waals surface area contributed by atoms with Gasteiger partial charge in [-0.15, -0.1) is 0 Å². The molecule has 0 spiro atoms. The molecule has 1 heterocycles. The van der Waals surface area contributed by atoms with Gasteiger partial charge in [-0.25, -0.2) is 0 Å². The lowest BCUT2D eigenvalue weighted by Gasteiger charge is -2.12. The second kappa shape index (κ2) is 4.75. The zero-order valence-electron chi connectivity index (χ0n) is 9.97. The number of para-hydroxylation sites is 1. The van der Waals surface area contributed by atoms with Gasteiger partial charge in [0.2, 0.25) is 0 Å². The van der Waals surface area contributed by atoms with E-state index in [0.29, 0.717) is 16.9 Å². The predicted molar refractivity (Wildman–Crippen MR) is 71.6 cm³/mol. The molecule has 0 saturated carbocycles. The van der Waals surface area contributed by atoms with Crippen molar-refractivity contribution in [1.29, 1.82) is 0 Å². The Bertz CT molecular complexity index is 595. The number of amides is 1. The third-order valence-electron chi connectivity index (χ3n) is 2.51. The van der Waals surface area contributed by atoms with E-state index < -0.39 is 5.91 Å². The normalized spacial score (nSPS) is 10.1. The van der Waals surface area contributed by atoms with Crippen molar-refractivity contribution < 1.29 is 4.79 Å². The highest BCUT2D eigenvalue weighted by Gasteiger charge is 2.11. The van der Waals surface area contributed by atoms with Crippen molar-refractivity contribution in [2.24, 2.45) is 5.73 Å². The summed E-state index contributed by atoms with van der Waals surface area (Å²) in [7, 11) is 0. The van der Waals surface area contributed by atoms with Crippen molar-refractivity contribution in [2.75, 3.05) is 11.1 Å². The summed E-state index contributed by atoms with van der Waals surface area (Å²) in [5.74, 6) is -0.523. The van der Waals surface area contributed by atoms with Gasteiger partial charge >= 0.3 is 0 Å². The van der Waals surface area contributed by atoms with Gasteiger partial charge in [-0.1, -0.05) is 6.07 Å². The number of hydrogen-bond acceptors (Lipinski definition) is 4. The minimum atomic E-state index is -0.523. The Balaban J connectivity index is 2.42. The molecule has 0 fully saturated rings. The number of pyridine rings is 1. The maximum absolute atomic E-state index is 11.3. The molecule has 0 radical (unpaired) electrons. The van der Waals surface area contributed by atoms with Crippen LogP contribution in [0.5, 0.6) is 0 Å². The summed E-state index contributed by atoms with van der Waals surface area (Å²) in [5.41, 5.74) is 14.3. The molecule has 2 aromatic rings. The van der Waals surface area contributed by atoms with E-state index in [9.17, 15) is 4.79 Å². The van der Waals surface area contributed by atoms with E-state index in [1.54, 1.807) is 30.6 Å². The molecule has 1 amide bonds. The van der Waals surface area contributed by atoms with Crippen molar-refractivity contribution >= 4 is 23.0 Å². The number of nitrogens with one attached hydrogen (secondary N) is 1. The number of hydrogen-bond donors (Lipinski definition) is 3. The third kappa shape index (κ3) is 2.40. The molecule has 92 valence electrons. The van der Waals surface area contributed by atoms with E-state index in [4.69, 9.17) is 11.5 Å². The van der Waals surface area contributed by atoms with Crippen LogP contribution in [0.3, 0.4) is 0 Å². The van der Waals surface area contributed by atoms with Crippen molar-refractivity contribution in [3.8, 4) is 0 Å². The Morgan fingerprint density at radius 3 is 2.78 bits per heavy atom. The van der Waals surface area contributed by atoms with Crippen LogP contribution in [0.1, 0.15) is 15.9 Å². The second-order valence-electron chi connectivity index (χ2n) is 4.01. The topological polar surface area (TPSA) is 94.0 Å². The van der Waals surface area contributed by atoms with Gasteiger partial charge < -0.3 is 16.8 Å². The number of anilines is 3. The number of benzene rings is 1. The number of aryl methyl sites for hydroxylation is 1. The van der Waals surface area contributed by atoms with Gasteiger partial charge in [0, 0.05) is 6.20 Å². The van der Waals surface area contributed by atoms with Crippen molar-refractivity contribution in [1.82, 2.24) is 4.98 Å². The van der Waals surface area contributed by atoms with Crippen LogP contribution in [-0.2, 0) is 0 Å². The maximum Gasteiger partial charge on any atom is 0.250 e. The van der Waals surface area contributed by atoms with Crippen LogP contribution in [0.2, 0.25) is 0 Å². The van der Waals surface area contributed by atoms with Crippen LogP contribution in [0.4, 0.5) is 17.1 Å². The lowest BCUT2D eigenvalue weighted by molar-refractivity contribution is 0.100. The number of carbonyl (C=O) groups excluding carboxylic acids is 1. The Morgan fingerprint density at radius 2 is 2.11 bits per heavy atom. The average Bonchev–Trinajstić information content (AvgIpc) is 2.31. The quantitative estimate of drug-likeness (QED) is 0.715. The highest BCUT2D eigenvalue weighted by Crippen LogP contribution is 2.26. The number of aromatic nitrogens is 1. The smallest absolute Gasteiger partial charge is 0.250 e. The number of rotatable bonds is 3. The first kappa shape index (κ1) is 11.9. The van der Waals surface area contributed by atoms with Crippen LogP contribution < -0.4 is 16.8 Å².